The van der Waals surface area contributed by atoms with Crippen LogP contribution in [-0.2, 0) is 9.59 Å². The number of aromatic carboxylic acids is 1. The fourth-order valence-electron chi connectivity index (χ4n) is 3.20. The van der Waals surface area contributed by atoms with Crippen LogP contribution in [0, 0.1) is 0 Å². The van der Waals surface area contributed by atoms with Crippen molar-refractivity contribution in [2.24, 2.45) is 17.2 Å². The molecule has 1 amide bonds. The van der Waals surface area contributed by atoms with Crippen molar-refractivity contribution < 1.29 is 29.4 Å². The maximum absolute atomic E-state index is 10.6. The highest BCUT2D eigenvalue weighted by molar-refractivity contribution is 5.89. The smallest absolute Gasteiger partial charge is 0.335 e. The summed E-state index contributed by atoms with van der Waals surface area (Å²) in [6, 6.07) is 14.8. The maximum atomic E-state index is 10.6. The van der Waals surface area contributed by atoms with Crippen LogP contribution in [0.25, 0.3) is 0 Å². The minimum absolute atomic E-state index is 0.117. The first-order valence-electron chi connectivity index (χ1n) is 12.7. The van der Waals surface area contributed by atoms with Gasteiger partial charge in [-0.2, -0.15) is 0 Å². The number of hydrogen-bond donors (Lipinski definition) is 6. The van der Waals surface area contributed by atoms with Crippen molar-refractivity contribution in [3.05, 3.63) is 65.7 Å². The van der Waals surface area contributed by atoms with Crippen LogP contribution in [0.15, 0.2) is 54.6 Å². The molecule has 38 heavy (non-hydrogen) atoms. The van der Waals surface area contributed by atoms with Gasteiger partial charge in [-0.25, -0.2) is 4.79 Å². The zero-order valence-corrected chi connectivity index (χ0v) is 22.1. The number of anilines is 1. The Morgan fingerprint density at radius 2 is 1.55 bits per heavy atom. The van der Waals surface area contributed by atoms with E-state index in [4.69, 9.17) is 27.4 Å². The number of carbonyl (C=O) groups excluding carboxylic acids is 2. The van der Waals surface area contributed by atoms with E-state index in [1.807, 2.05) is 0 Å². The van der Waals surface area contributed by atoms with Crippen molar-refractivity contribution >= 4 is 29.8 Å². The Kier molecular flexibility index (Phi) is 19.4. The Morgan fingerprint density at radius 3 is 1.92 bits per heavy atom. The Bertz CT molecular complexity index is 932. The normalized spacial score (nSPS) is 13.1. The molecule has 2 aromatic rings. The summed E-state index contributed by atoms with van der Waals surface area (Å²) in [6.45, 7) is 2.04. The number of carbonyl (C=O) groups is 4. The van der Waals surface area contributed by atoms with Crippen LogP contribution >= 0.6 is 0 Å². The van der Waals surface area contributed by atoms with Gasteiger partial charge in [-0.3, -0.25) is 14.4 Å². The molecule has 0 aromatic heterocycles. The van der Waals surface area contributed by atoms with E-state index < -0.39 is 18.0 Å². The van der Waals surface area contributed by atoms with E-state index in [1.165, 1.54) is 39.0 Å². The number of aldehydes is 1. The minimum atomic E-state index is -0.933. The lowest BCUT2D eigenvalue weighted by Crippen LogP contribution is -2.29. The average Bonchev–Trinajstić information content (AvgIpc) is 2.91. The molecule has 0 spiro atoms. The number of hydrogen-bond acceptors (Lipinski definition) is 7. The summed E-state index contributed by atoms with van der Waals surface area (Å²) in [5, 5.41) is 19.3. The predicted octanol–water partition coefficient (Wildman–Crippen LogP) is 3.65. The monoisotopic (exact) mass is 530 g/mol. The second-order valence-electron chi connectivity index (χ2n) is 8.72. The number of amides is 1. The largest absolute Gasteiger partial charge is 0.480 e. The number of rotatable bonds is 8. The van der Waals surface area contributed by atoms with E-state index in [9.17, 15) is 19.2 Å². The van der Waals surface area contributed by atoms with Crippen LogP contribution in [0.5, 0.6) is 0 Å². The molecule has 210 valence electrons. The standard InChI is InChI=1S/C9H9NO2.C7H6O2.C6H14N2O2.C6H13N/c1-7(12)10-9-4-2-8(6-11)3-5-9;8-7(9)6-4-2-1-3-5-6;7-4-2-1-3-5(8)6(9)10;7-6-4-2-1-3-5-6/h2-6H,1H3,(H,10,12);1-5H,(H,8,9);5H,1-4,7-8H2,(H,9,10);6H,1-5,7H2/t;;5-;/m..0./s1. The average molecular weight is 531 g/mol. The SMILES string of the molecule is CC(=O)Nc1ccc(C=O)cc1.NC1CCCCC1.NCCCC[C@H](N)C(=O)O.O=C(O)c1ccccc1. The fraction of sp³-hybridized carbons (Fsp3) is 0.429. The van der Waals surface area contributed by atoms with Crippen molar-refractivity contribution in [2.45, 2.75) is 70.4 Å². The van der Waals surface area contributed by atoms with Gasteiger partial charge in [0.2, 0.25) is 5.91 Å². The second kappa shape index (κ2) is 21.5. The molecule has 0 aliphatic heterocycles. The molecule has 0 radical (unpaired) electrons. The molecule has 0 heterocycles. The zero-order valence-electron chi connectivity index (χ0n) is 22.1. The summed E-state index contributed by atoms with van der Waals surface area (Å²) in [4.78, 5) is 41.2. The van der Waals surface area contributed by atoms with E-state index in [0.717, 1.165) is 19.1 Å². The van der Waals surface area contributed by atoms with E-state index in [2.05, 4.69) is 5.32 Å². The molecule has 1 aliphatic carbocycles. The van der Waals surface area contributed by atoms with Gasteiger partial charge in [0.25, 0.3) is 0 Å². The van der Waals surface area contributed by atoms with Crippen LogP contribution in [-0.4, -0.2) is 53.0 Å². The number of aliphatic carboxylic acids is 1. The molecule has 10 heteroatoms. The summed E-state index contributed by atoms with van der Waals surface area (Å²) in [5.74, 6) is -1.93. The molecule has 0 bridgehead atoms. The highest BCUT2D eigenvalue weighted by atomic mass is 16.4. The van der Waals surface area contributed by atoms with Crippen LogP contribution in [0.2, 0.25) is 0 Å². The number of benzene rings is 2. The van der Waals surface area contributed by atoms with Crippen LogP contribution in [0.4, 0.5) is 5.69 Å². The Hall–Kier alpha value is -3.60. The van der Waals surface area contributed by atoms with Gasteiger partial charge in [0.05, 0.1) is 5.56 Å². The summed E-state index contributed by atoms with van der Waals surface area (Å²) in [6.07, 6.45) is 9.59. The summed E-state index contributed by atoms with van der Waals surface area (Å²) in [7, 11) is 0. The molecule has 10 nitrogen and oxygen atoms in total. The molecule has 3 rings (SSSR count). The van der Waals surface area contributed by atoms with Gasteiger partial charge in [-0.1, -0.05) is 43.9 Å². The Labute approximate surface area is 224 Å². The van der Waals surface area contributed by atoms with Crippen molar-refractivity contribution in [3.8, 4) is 0 Å². The van der Waals surface area contributed by atoms with Gasteiger partial charge >= 0.3 is 11.9 Å². The van der Waals surface area contributed by atoms with Gasteiger partial charge in [0.1, 0.15) is 12.3 Å². The molecule has 1 atom stereocenters. The van der Waals surface area contributed by atoms with E-state index in [1.54, 1.807) is 54.6 Å². The van der Waals surface area contributed by atoms with Crippen LogP contribution in [0.1, 0.15) is 79.0 Å². The lowest BCUT2D eigenvalue weighted by molar-refractivity contribution is -0.138. The minimum Gasteiger partial charge on any atom is -0.480 e. The van der Waals surface area contributed by atoms with E-state index >= 15 is 0 Å². The van der Waals surface area contributed by atoms with Gasteiger partial charge in [-0.15, -0.1) is 0 Å². The molecule has 9 N–H and O–H groups in total. The molecule has 2 aromatic carbocycles. The first kappa shape index (κ1) is 34.4. The number of carboxylic acids is 2. The van der Waals surface area contributed by atoms with Gasteiger partial charge in [0.15, 0.2) is 0 Å². The number of nitrogens with one attached hydrogen (secondary N) is 1. The highest BCUT2D eigenvalue weighted by Gasteiger charge is 2.09. The third-order valence-corrected chi connectivity index (χ3v) is 5.32. The molecule has 1 saturated carbocycles. The number of unbranched alkanes of at least 4 members (excludes halogenated alkanes) is 1. The lowest BCUT2D eigenvalue weighted by Gasteiger charge is -2.15. The number of nitrogens with two attached hydrogens (primary N) is 3. The molecule has 1 fully saturated rings. The molecular formula is C28H42N4O6. The first-order chi connectivity index (χ1) is 18.1. The summed E-state index contributed by atoms with van der Waals surface area (Å²) < 4.78 is 0. The van der Waals surface area contributed by atoms with Gasteiger partial charge in [-0.05, 0) is 68.6 Å². The fourth-order valence-corrected chi connectivity index (χ4v) is 3.20. The van der Waals surface area contributed by atoms with E-state index in [-0.39, 0.29) is 5.91 Å². The van der Waals surface area contributed by atoms with Crippen molar-refractivity contribution in [1.29, 1.82) is 0 Å². The molecule has 1 aliphatic rings. The van der Waals surface area contributed by atoms with Gasteiger partial charge < -0.3 is 32.7 Å². The Morgan fingerprint density at radius 1 is 0.974 bits per heavy atom. The predicted molar refractivity (Wildman–Crippen MR) is 149 cm³/mol. The number of carboxylic acid groups (broad SMARTS) is 2. The molecule has 0 unspecified atom stereocenters. The van der Waals surface area contributed by atoms with Crippen molar-refractivity contribution in [1.82, 2.24) is 0 Å². The third-order valence-electron chi connectivity index (χ3n) is 5.32. The van der Waals surface area contributed by atoms with Crippen LogP contribution in [0.3, 0.4) is 0 Å². The molecule has 0 saturated heterocycles. The van der Waals surface area contributed by atoms with E-state index in [0.29, 0.717) is 35.8 Å². The van der Waals surface area contributed by atoms with Crippen molar-refractivity contribution in [2.75, 3.05) is 11.9 Å². The lowest BCUT2D eigenvalue weighted by atomic mass is 9.97. The van der Waals surface area contributed by atoms with Gasteiger partial charge in [0, 0.05) is 24.2 Å². The quantitative estimate of drug-likeness (QED) is 0.218. The topological polar surface area (TPSA) is 199 Å². The van der Waals surface area contributed by atoms with Crippen molar-refractivity contribution in [3.63, 3.8) is 0 Å². The summed E-state index contributed by atoms with van der Waals surface area (Å²) >= 11 is 0. The summed E-state index contributed by atoms with van der Waals surface area (Å²) in [5.41, 5.74) is 17.7. The Balaban J connectivity index is 0.000000488. The maximum Gasteiger partial charge on any atom is 0.335 e. The first-order valence-corrected chi connectivity index (χ1v) is 12.7. The third kappa shape index (κ3) is 18.6. The van der Waals surface area contributed by atoms with Crippen LogP contribution < -0.4 is 22.5 Å². The highest BCUT2D eigenvalue weighted by Crippen LogP contribution is 2.14. The molecular weight excluding hydrogens is 488 g/mol. The second-order valence-corrected chi connectivity index (χ2v) is 8.72. The zero-order chi connectivity index (χ0) is 28.8.